The summed E-state index contributed by atoms with van der Waals surface area (Å²) in [6.45, 7) is 1.66. The summed E-state index contributed by atoms with van der Waals surface area (Å²) in [5.74, 6) is 6.20. The van der Waals surface area contributed by atoms with Gasteiger partial charge in [0.2, 0.25) is 0 Å². The third-order valence-corrected chi connectivity index (χ3v) is 4.57. The summed E-state index contributed by atoms with van der Waals surface area (Å²) in [6, 6.07) is 10.9. The lowest BCUT2D eigenvalue weighted by Crippen LogP contribution is -2.33. The Balaban J connectivity index is 1.94. The number of fused-ring (bicyclic) bond motifs is 1. The van der Waals surface area contributed by atoms with Crippen LogP contribution < -0.4 is 11.3 Å². The van der Waals surface area contributed by atoms with Crippen molar-refractivity contribution in [2.45, 2.75) is 12.5 Å². The monoisotopic (exact) mass is 248 g/mol. The van der Waals surface area contributed by atoms with Gasteiger partial charge in [0.25, 0.3) is 0 Å². The van der Waals surface area contributed by atoms with Crippen LogP contribution in [-0.4, -0.2) is 13.2 Å². The molecule has 1 saturated heterocycles. The molecule has 1 aliphatic rings. The second-order valence-corrected chi connectivity index (χ2v) is 5.57. The van der Waals surface area contributed by atoms with Gasteiger partial charge in [0.1, 0.15) is 0 Å². The Morgan fingerprint density at radius 2 is 2.29 bits per heavy atom. The summed E-state index contributed by atoms with van der Waals surface area (Å²) < 4.78 is 6.77. The molecule has 3 N–H and O–H groups in total. The van der Waals surface area contributed by atoms with Crippen molar-refractivity contribution in [3.63, 3.8) is 0 Å². The standard InChI is InChI=1S/C13H16N2OS/c14-15-13(10-5-6-16-8-10)12-7-9-3-1-2-4-11(9)17-12/h1-4,7,10,13,15H,5-6,8,14H2. The number of benzene rings is 1. The van der Waals surface area contributed by atoms with Gasteiger partial charge < -0.3 is 4.74 Å². The van der Waals surface area contributed by atoms with Gasteiger partial charge in [-0.3, -0.25) is 11.3 Å². The molecule has 90 valence electrons. The van der Waals surface area contributed by atoms with Gasteiger partial charge in [-0.1, -0.05) is 18.2 Å². The van der Waals surface area contributed by atoms with E-state index in [0.29, 0.717) is 5.92 Å². The molecule has 0 amide bonds. The topological polar surface area (TPSA) is 47.3 Å². The van der Waals surface area contributed by atoms with E-state index in [1.54, 1.807) is 0 Å². The van der Waals surface area contributed by atoms with E-state index in [9.17, 15) is 0 Å². The van der Waals surface area contributed by atoms with Crippen LogP contribution in [0.15, 0.2) is 30.3 Å². The lowest BCUT2D eigenvalue weighted by atomic mass is 9.98. The molecule has 0 saturated carbocycles. The van der Waals surface area contributed by atoms with Crippen LogP contribution in [-0.2, 0) is 4.74 Å². The minimum absolute atomic E-state index is 0.217. The number of thiophene rings is 1. The molecule has 2 heterocycles. The molecule has 2 atom stereocenters. The zero-order chi connectivity index (χ0) is 11.7. The second kappa shape index (κ2) is 4.74. The summed E-state index contributed by atoms with van der Waals surface area (Å²) in [5.41, 5.74) is 2.95. The highest BCUT2D eigenvalue weighted by atomic mass is 32.1. The van der Waals surface area contributed by atoms with E-state index in [-0.39, 0.29) is 6.04 Å². The maximum Gasteiger partial charge on any atom is 0.0604 e. The Morgan fingerprint density at radius 3 is 3.00 bits per heavy atom. The van der Waals surface area contributed by atoms with Crippen molar-refractivity contribution >= 4 is 21.4 Å². The first-order chi connectivity index (χ1) is 8.38. The average molecular weight is 248 g/mol. The quantitative estimate of drug-likeness (QED) is 0.648. The first-order valence-electron chi connectivity index (χ1n) is 5.91. The largest absolute Gasteiger partial charge is 0.381 e. The Labute approximate surface area is 105 Å². The fourth-order valence-electron chi connectivity index (χ4n) is 2.42. The van der Waals surface area contributed by atoms with Crippen molar-refractivity contribution in [3.05, 3.63) is 35.2 Å². The molecule has 1 aliphatic heterocycles. The minimum atomic E-state index is 0.217. The third-order valence-electron chi connectivity index (χ3n) is 3.37. The molecule has 3 rings (SSSR count). The molecule has 0 aliphatic carbocycles. The molecule has 4 heteroatoms. The van der Waals surface area contributed by atoms with E-state index in [0.717, 1.165) is 19.6 Å². The highest BCUT2D eigenvalue weighted by molar-refractivity contribution is 7.19. The van der Waals surface area contributed by atoms with Crippen LogP contribution in [0.1, 0.15) is 17.3 Å². The van der Waals surface area contributed by atoms with Crippen LogP contribution in [0.3, 0.4) is 0 Å². The highest BCUT2D eigenvalue weighted by Crippen LogP contribution is 2.35. The molecule has 2 unspecified atom stereocenters. The van der Waals surface area contributed by atoms with Gasteiger partial charge in [0, 0.05) is 22.1 Å². The zero-order valence-electron chi connectivity index (χ0n) is 9.56. The number of nitrogens with two attached hydrogens (primary N) is 1. The van der Waals surface area contributed by atoms with Gasteiger partial charge >= 0.3 is 0 Å². The number of ether oxygens (including phenoxy) is 1. The Kier molecular flexibility index (Phi) is 3.11. The van der Waals surface area contributed by atoms with E-state index >= 15 is 0 Å². The zero-order valence-corrected chi connectivity index (χ0v) is 10.4. The van der Waals surface area contributed by atoms with Gasteiger partial charge in [0.15, 0.2) is 0 Å². The molecule has 0 spiro atoms. The van der Waals surface area contributed by atoms with Crippen LogP contribution in [0.2, 0.25) is 0 Å². The Bertz CT molecular complexity index is 472. The van der Waals surface area contributed by atoms with Crippen molar-refractivity contribution < 1.29 is 4.74 Å². The molecule has 1 fully saturated rings. The predicted molar refractivity (Wildman–Crippen MR) is 70.8 cm³/mol. The molecular formula is C13H16N2OS. The predicted octanol–water partition coefficient (Wildman–Crippen LogP) is 2.44. The van der Waals surface area contributed by atoms with Crippen LogP contribution in [0.5, 0.6) is 0 Å². The van der Waals surface area contributed by atoms with E-state index in [1.807, 2.05) is 11.3 Å². The molecule has 3 nitrogen and oxygen atoms in total. The van der Waals surface area contributed by atoms with E-state index in [2.05, 4.69) is 35.8 Å². The van der Waals surface area contributed by atoms with Crippen LogP contribution >= 0.6 is 11.3 Å². The lowest BCUT2D eigenvalue weighted by Gasteiger charge is -2.19. The van der Waals surface area contributed by atoms with E-state index in [1.165, 1.54) is 15.0 Å². The number of hydrogen-bond donors (Lipinski definition) is 2. The van der Waals surface area contributed by atoms with Crippen molar-refractivity contribution in [2.75, 3.05) is 13.2 Å². The smallest absolute Gasteiger partial charge is 0.0604 e. The summed E-state index contributed by atoms with van der Waals surface area (Å²) in [4.78, 5) is 1.31. The van der Waals surface area contributed by atoms with Gasteiger partial charge in [-0.25, -0.2) is 0 Å². The number of nitrogens with one attached hydrogen (secondary N) is 1. The molecule has 0 bridgehead atoms. The van der Waals surface area contributed by atoms with Gasteiger partial charge in [0.05, 0.1) is 12.6 Å². The normalized spacial score (nSPS) is 22.1. The Hall–Kier alpha value is -0.940. The van der Waals surface area contributed by atoms with Crippen molar-refractivity contribution in [2.24, 2.45) is 11.8 Å². The van der Waals surface area contributed by atoms with Crippen LogP contribution in [0, 0.1) is 5.92 Å². The first kappa shape index (κ1) is 11.2. The first-order valence-corrected chi connectivity index (χ1v) is 6.72. The highest BCUT2D eigenvalue weighted by Gasteiger charge is 2.27. The van der Waals surface area contributed by atoms with E-state index in [4.69, 9.17) is 10.6 Å². The van der Waals surface area contributed by atoms with Gasteiger partial charge in [-0.2, -0.15) is 0 Å². The third kappa shape index (κ3) is 2.09. The molecular weight excluding hydrogens is 232 g/mol. The van der Waals surface area contributed by atoms with Crippen molar-refractivity contribution in [3.8, 4) is 0 Å². The van der Waals surface area contributed by atoms with E-state index < -0.39 is 0 Å². The van der Waals surface area contributed by atoms with Crippen LogP contribution in [0.25, 0.3) is 10.1 Å². The number of rotatable bonds is 3. The SMILES string of the molecule is NNC(c1cc2ccccc2s1)C1CCOC1. The van der Waals surface area contributed by atoms with Crippen molar-refractivity contribution in [1.29, 1.82) is 0 Å². The fourth-order valence-corrected chi connectivity index (χ4v) is 3.64. The summed E-state index contributed by atoms with van der Waals surface area (Å²) in [5, 5.41) is 1.30. The maximum atomic E-state index is 5.71. The molecule has 1 aromatic heterocycles. The number of hydrazine groups is 1. The minimum Gasteiger partial charge on any atom is -0.381 e. The molecule has 17 heavy (non-hydrogen) atoms. The maximum absolute atomic E-state index is 5.71. The average Bonchev–Trinajstić information content (AvgIpc) is 2.98. The molecule has 1 aromatic carbocycles. The molecule has 2 aromatic rings. The van der Waals surface area contributed by atoms with Gasteiger partial charge in [-0.05, 0) is 23.9 Å². The number of hydrogen-bond acceptors (Lipinski definition) is 4. The summed E-state index contributed by atoms with van der Waals surface area (Å²) in [6.07, 6.45) is 1.09. The van der Waals surface area contributed by atoms with Gasteiger partial charge in [-0.15, -0.1) is 11.3 Å². The summed E-state index contributed by atoms with van der Waals surface area (Å²) >= 11 is 1.82. The van der Waals surface area contributed by atoms with Crippen molar-refractivity contribution in [1.82, 2.24) is 5.43 Å². The summed E-state index contributed by atoms with van der Waals surface area (Å²) in [7, 11) is 0. The Morgan fingerprint density at radius 1 is 1.41 bits per heavy atom. The lowest BCUT2D eigenvalue weighted by molar-refractivity contribution is 0.177. The van der Waals surface area contributed by atoms with Crippen LogP contribution in [0.4, 0.5) is 0 Å². The fraction of sp³-hybridized carbons (Fsp3) is 0.385. The molecule has 0 radical (unpaired) electrons. The second-order valence-electron chi connectivity index (χ2n) is 4.45.